The van der Waals surface area contributed by atoms with E-state index in [9.17, 15) is 19.7 Å². The molecule has 1 aliphatic heterocycles. The van der Waals surface area contributed by atoms with E-state index >= 15 is 0 Å². The van der Waals surface area contributed by atoms with Crippen molar-refractivity contribution in [3.05, 3.63) is 64.0 Å². The molecule has 2 amide bonds. The van der Waals surface area contributed by atoms with Gasteiger partial charge in [0.05, 0.1) is 11.5 Å². The largest absolute Gasteiger partial charge is 0.488 e. The van der Waals surface area contributed by atoms with Crippen LogP contribution in [0.4, 0.5) is 5.69 Å². The van der Waals surface area contributed by atoms with Gasteiger partial charge in [-0.3, -0.25) is 24.7 Å². The Morgan fingerprint density at radius 1 is 1.30 bits per heavy atom. The van der Waals surface area contributed by atoms with Crippen LogP contribution in [-0.4, -0.2) is 45.8 Å². The maximum absolute atomic E-state index is 12.7. The molecule has 1 aromatic carbocycles. The molecule has 3 rings (SSSR count). The summed E-state index contributed by atoms with van der Waals surface area (Å²) in [5.41, 5.74) is 5.47. The number of benzene rings is 1. The molecule has 2 heterocycles. The number of amides is 2. The Balaban J connectivity index is 1.69. The Kier molecular flexibility index (Phi) is 5.30. The fourth-order valence-corrected chi connectivity index (χ4v) is 2.97. The van der Waals surface area contributed by atoms with Gasteiger partial charge in [0, 0.05) is 36.5 Å². The number of primary amides is 1. The van der Waals surface area contributed by atoms with E-state index in [2.05, 4.69) is 4.98 Å². The lowest BCUT2D eigenvalue weighted by molar-refractivity contribution is -0.384. The number of nitrogens with zero attached hydrogens (tertiary/aromatic N) is 3. The quantitative estimate of drug-likeness (QED) is 0.631. The topological polar surface area (TPSA) is 129 Å². The molecule has 9 heteroatoms. The van der Waals surface area contributed by atoms with E-state index in [0.29, 0.717) is 18.8 Å². The molecule has 1 unspecified atom stereocenters. The molecule has 2 aromatic rings. The van der Waals surface area contributed by atoms with Crippen molar-refractivity contribution in [1.29, 1.82) is 0 Å². The summed E-state index contributed by atoms with van der Waals surface area (Å²) in [6.45, 7) is 0.889. The van der Waals surface area contributed by atoms with Gasteiger partial charge in [0.15, 0.2) is 0 Å². The van der Waals surface area contributed by atoms with E-state index in [0.717, 1.165) is 12.8 Å². The first-order valence-electron chi connectivity index (χ1n) is 8.40. The summed E-state index contributed by atoms with van der Waals surface area (Å²) in [6.07, 6.45) is 2.65. The smallest absolute Gasteiger partial charge is 0.270 e. The van der Waals surface area contributed by atoms with E-state index in [1.807, 2.05) is 0 Å². The number of nitro benzene ring substituents is 1. The van der Waals surface area contributed by atoms with Gasteiger partial charge >= 0.3 is 0 Å². The summed E-state index contributed by atoms with van der Waals surface area (Å²) in [7, 11) is 0. The summed E-state index contributed by atoms with van der Waals surface area (Å²) in [5, 5.41) is 10.9. The van der Waals surface area contributed by atoms with Crippen molar-refractivity contribution in [3.63, 3.8) is 0 Å². The van der Waals surface area contributed by atoms with E-state index in [1.165, 1.54) is 30.5 Å². The van der Waals surface area contributed by atoms with Gasteiger partial charge in [-0.1, -0.05) is 6.07 Å². The lowest BCUT2D eigenvalue weighted by Gasteiger charge is -2.33. The molecule has 1 aromatic heterocycles. The first kappa shape index (κ1) is 18.3. The average Bonchev–Trinajstić information content (AvgIpc) is 2.68. The highest BCUT2D eigenvalue weighted by atomic mass is 16.6. The Labute approximate surface area is 154 Å². The summed E-state index contributed by atoms with van der Waals surface area (Å²) in [6, 6.07) is 8.75. The van der Waals surface area contributed by atoms with Crippen LogP contribution in [0.2, 0.25) is 0 Å². The van der Waals surface area contributed by atoms with Crippen LogP contribution in [0.1, 0.15) is 33.7 Å². The van der Waals surface area contributed by atoms with Gasteiger partial charge in [-0.25, -0.2) is 0 Å². The zero-order valence-electron chi connectivity index (χ0n) is 14.4. The number of likely N-dealkylation sites (tertiary alicyclic amines) is 1. The minimum absolute atomic E-state index is 0.104. The highest BCUT2D eigenvalue weighted by molar-refractivity contribution is 5.95. The van der Waals surface area contributed by atoms with Crippen molar-refractivity contribution in [2.45, 2.75) is 18.9 Å². The van der Waals surface area contributed by atoms with E-state index < -0.39 is 10.8 Å². The van der Waals surface area contributed by atoms with Crippen LogP contribution in [0, 0.1) is 10.1 Å². The number of aromatic nitrogens is 1. The third-order valence-electron chi connectivity index (χ3n) is 4.26. The van der Waals surface area contributed by atoms with Crippen LogP contribution in [0.25, 0.3) is 0 Å². The van der Waals surface area contributed by atoms with Crippen LogP contribution in [0.15, 0.2) is 42.6 Å². The second kappa shape index (κ2) is 7.81. The number of nitrogens with two attached hydrogens (primary N) is 1. The molecule has 2 N–H and O–H groups in total. The molecular weight excluding hydrogens is 352 g/mol. The summed E-state index contributed by atoms with van der Waals surface area (Å²) < 4.78 is 5.87. The highest BCUT2D eigenvalue weighted by Gasteiger charge is 2.26. The predicted molar refractivity (Wildman–Crippen MR) is 95.4 cm³/mol. The zero-order chi connectivity index (χ0) is 19.4. The van der Waals surface area contributed by atoms with E-state index in [1.54, 1.807) is 17.0 Å². The molecule has 140 valence electrons. The zero-order valence-corrected chi connectivity index (χ0v) is 14.4. The van der Waals surface area contributed by atoms with Crippen LogP contribution in [0.3, 0.4) is 0 Å². The molecular formula is C18H18N4O5. The number of piperidine rings is 1. The average molecular weight is 370 g/mol. The number of nitro groups is 1. The second-order valence-corrected chi connectivity index (χ2v) is 6.18. The van der Waals surface area contributed by atoms with Crippen LogP contribution in [0.5, 0.6) is 5.75 Å². The minimum atomic E-state index is -0.647. The summed E-state index contributed by atoms with van der Waals surface area (Å²) in [4.78, 5) is 39.8. The lowest BCUT2D eigenvalue weighted by atomic mass is 10.1. The van der Waals surface area contributed by atoms with Crippen molar-refractivity contribution in [1.82, 2.24) is 9.88 Å². The minimum Gasteiger partial charge on any atom is -0.488 e. The maximum atomic E-state index is 12.7. The Morgan fingerprint density at radius 3 is 2.85 bits per heavy atom. The van der Waals surface area contributed by atoms with Gasteiger partial charge < -0.3 is 15.4 Å². The molecule has 1 saturated heterocycles. The third-order valence-corrected chi connectivity index (χ3v) is 4.26. The van der Waals surface area contributed by atoms with Crippen LogP contribution < -0.4 is 10.5 Å². The number of carbonyl (C=O) groups is 2. The molecule has 0 saturated carbocycles. The number of pyridine rings is 1. The maximum Gasteiger partial charge on any atom is 0.270 e. The first-order chi connectivity index (χ1) is 12.9. The highest BCUT2D eigenvalue weighted by Crippen LogP contribution is 2.21. The molecule has 0 spiro atoms. The lowest BCUT2D eigenvalue weighted by Crippen LogP contribution is -2.44. The second-order valence-electron chi connectivity index (χ2n) is 6.18. The van der Waals surface area contributed by atoms with Gasteiger partial charge in [0.1, 0.15) is 17.5 Å². The Hall–Kier alpha value is -3.49. The van der Waals surface area contributed by atoms with E-state index in [-0.39, 0.29) is 29.0 Å². The predicted octanol–water partition coefficient (Wildman–Crippen LogP) is 1.77. The molecule has 1 fully saturated rings. The normalized spacial score (nSPS) is 16.6. The Bertz CT molecular complexity index is 886. The van der Waals surface area contributed by atoms with E-state index in [4.69, 9.17) is 10.5 Å². The number of ether oxygens (including phenoxy) is 1. The molecule has 9 nitrogen and oxygen atoms in total. The standard InChI is InChI=1S/C18H18N4O5/c19-17(23)16-10-14(6-7-20-16)27-15-5-2-8-21(11-15)18(24)12-3-1-4-13(9-12)22(25)26/h1,3-4,6-7,9-10,15H,2,5,8,11H2,(H2,19,23). The molecule has 0 bridgehead atoms. The molecule has 1 atom stereocenters. The van der Waals surface area contributed by atoms with Crippen LogP contribution in [-0.2, 0) is 0 Å². The van der Waals surface area contributed by atoms with Gasteiger partial charge in [-0.2, -0.15) is 0 Å². The number of carbonyl (C=O) groups excluding carboxylic acids is 2. The van der Waals surface area contributed by atoms with Crippen molar-refractivity contribution >= 4 is 17.5 Å². The number of rotatable bonds is 5. The first-order valence-corrected chi connectivity index (χ1v) is 8.40. The fraction of sp³-hybridized carbons (Fsp3) is 0.278. The number of hydrogen-bond acceptors (Lipinski definition) is 6. The van der Waals surface area contributed by atoms with Gasteiger partial charge in [0.2, 0.25) is 0 Å². The monoisotopic (exact) mass is 370 g/mol. The number of hydrogen-bond donors (Lipinski definition) is 1. The fourth-order valence-electron chi connectivity index (χ4n) is 2.97. The van der Waals surface area contributed by atoms with Gasteiger partial charge in [-0.05, 0) is 25.0 Å². The van der Waals surface area contributed by atoms with Crippen molar-refractivity contribution in [2.75, 3.05) is 13.1 Å². The SMILES string of the molecule is NC(=O)c1cc(OC2CCCN(C(=O)c3cccc([N+](=O)[O-])c3)C2)ccn1. The van der Waals surface area contributed by atoms with Gasteiger partial charge in [0.25, 0.3) is 17.5 Å². The van der Waals surface area contributed by atoms with Crippen molar-refractivity contribution < 1.29 is 19.2 Å². The number of non-ortho nitro benzene ring substituents is 1. The third kappa shape index (κ3) is 4.38. The summed E-state index contributed by atoms with van der Waals surface area (Å²) >= 11 is 0. The molecule has 1 aliphatic rings. The molecule has 27 heavy (non-hydrogen) atoms. The van der Waals surface area contributed by atoms with Crippen molar-refractivity contribution in [3.8, 4) is 5.75 Å². The Morgan fingerprint density at radius 2 is 2.11 bits per heavy atom. The summed E-state index contributed by atoms with van der Waals surface area (Å²) in [5.74, 6) is -0.473. The molecule has 0 aliphatic carbocycles. The van der Waals surface area contributed by atoms with Gasteiger partial charge in [-0.15, -0.1) is 0 Å². The van der Waals surface area contributed by atoms with Crippen LogP contribution >= 0.6 is 0 Å². The van der Waals surface area contributed by atoms with Crippen molar-refractivity contribution in [2.24, 2.45) is 5.73 Å². The molecule has 0 radical (unpaired) electrons.